The molecular formula is C30H37N5O. The van der Waals surface area contributed by atoms with Crippen LogP contribution in [0.25, 0.3) is 6.08 Å². The molecule has 1 saturated heterocycles. The van der Waals surface area contributed by atoms with Crippen LogP contribution in [-0.2, 0) is 12.0 Å². The van der Waals surface area contributed by atoms with Crippen molar-refractivity contribution in [2.45, 2.75) is 52.0 Å². The molecule has 0 saturated carbocycles. The van der Waals surface area contributed by atoms with Crippen LogP contribution < -0.4 is 16.0 Å². The van der Waals surface area contributed by atoms with E-state index in [1.54, 1.807) is 30.7 Å². The molecule has 3 N–H and O–H groups in total. The molecular weight excluding hydrogens is 446 g/mol. The predicted octanol–water partition coefficient (Wildman–Crippen LogP) is 6.04. The predicted molar refractivity (Wildman–Crippen MR) is 148 cm³/mol. The van der Waals surface area contributed by atoms with Gasteiger partial charge in [0.25, 0.3) is 5.91 Å². The standard InChI is InChI=1S/C30H37N5O/c1-30(2,3)27-11-10-25(19-24(27)8-5-4-7-22-14-18-32-20-22)35-29(36)26-9-6-15-33-28(26)34-21-23-12-16-31-17-13-23/h5-6,8-13,15-17,19,22,32H,4,7,14,18,20-21H2,1-3H3,(H,33,34)(H,35,36)/b8-5+. The molecule has 1 amide bonds. The Morgan fingerprint density at radius 2 is 1.97 bits per heavy atom. The number of aromatic nitrogens is 2. The number of allylic oxidation sites excluding steroid dienone is 1. The van der Waals surface area contributed by atoms with E-state index < -0.39 is 0 Å². The molecule has 1 fully saturated rings. The SMILES string of the molecule is CC(C)(C)c1ccc(NC(=O)c2cccnc2NCc2ccncc2)cc1/C=C/CCC1CCNC1. The Labute approximate surface area is 214 Å². The summed E-state index contributed by atoms with van der Waals surface area (Å²) in [6.45, 7) is 9.50. The molecule has 4 rings (SSSR count). The van der Waals surface area contributed by atoms with Crippen molar-refractivity contribution in [3.05, 3.63) is 89.4 Å². The molecule has 36 heavy (non-hydrogen) atoms. The van der Waals surface area contributed by atoms with Crippen molar-refractivity contribution in [1.82, 2.24) is 15.3 Å². The molecule has 188 valence electrons. The van der Waals surface area contributed by atoms with E-state index in [9.17, 15) is 4.79 Å². The summed E-state index contributed by atoms with van der Waals surface area (Å²) in [5.74, 6) is 1.15. The molecule has 2 aromatic heterocycles. The molecule has 1 aliphatic rings. The molecule has 3 aromatic rings. The molecule has 1 aliphatic heterocycles. The number of hydrogen-bond acceptors (Lipinski definition) is 5. The zero-order chi connectivity index (χ0) is 25.4. The number of benzene rings is 1. The number of amides is 1. The lowest BCUT2D eigenvalue weighted by Gasteiger charge is -2.22. The first kappa shape index (κ1) is 25.6. The van der Waals surface area contributed by atoms with E-state index in [0.717, 1.165) is 42.2 Å². The Morgan fingerprint density at radius 1 is 1.14 bits per heavy atom. The van der Waals surface area contributed by atoms with Crippen LogP contribution in [0, 0.1) is 5.92 Å². The minimum absolute atomic E-state index is 0.00494. The minimum atomic E-state index is -0.187. The lowest BCUT2D eigenvalue weighted by Crippen LogP contribution is -2.17. The van der Waals surface area contributed by atoms with Gasteiger partial charge in [-0.25, -0.2) is 4.98 Å². The third kappa shape index (κ3) is 7.01. The first-order valence-corrected chi connectivity index (χ1v) is 12.8. The smallest absolute Gasteiger partial charge is 0.259 e. The maximum Gasteiger partial charge on any atom is 0.259 e. The summed E-state index contributed by atoms with van der Waals surface area (Å²) in [7, 11) is 0. The fourth-order valence-corrected chi connectivity index (χ4v) is 4.58. The molecule has 3 heterocycles. The molecule has 0 radical (unpaired) electrons. The zero-order valence-electron chi connectivity index (χ0n) is 21.6. The van der Waals surface area contributed by atoms with Crippen LogP contribution in [-0.4, -0.2) is 29.0 Å². The maximum atomic E-state index is 13.2. The first-order valence-electron chi connectivity index (χ1n) is 12.8. The molecule has 1 aromatic carbocycles. The van der Waals surface area contributed by atoms with E-state index in [4.69, 9.17) is 0 Å². The second-order valence-electron chi connectivity index (χ2n) is 10.5. The number of rotatable bonds is 9. The molecule has 6 nitrogen and oxygen atoms in total. The first-order chi connectivity index (χ1) is 17.4. The van der Waals surface area contributed by atoms with Crippen molar-refractivity contribution in [3.8, 4) is 0 Å². The van der Waals surface area contributed by atoms with Gasteiger partial charge in [0.1, 0.15) is 5.82 Å². The van der Waals surface area contributed by atoms with E-state index in [1.165, 1.54) is 18.4 Å². The molecule has 1 unspecified atom stereocenters. The Bertz CT molecular complexity index is 1180. The second kappa shape index (κ2) is 12.0. The Morgan fingerprint density at radius 3 is 2.72 bits per heavy atom. The largest absolute Gasteiger partial charge is 0.365 e. The number of pyridine rings is 2. The highest BCUT2D eigenvalue weighted by Gasteiger charge is 2.19. The third-order valence-electron chi connectivity index (χ3n) is 6.58. The monoisotopic (exact) mass is 483 g/mol. The van der Waals surface area contributed by atoms with Crippen LogP contribution in [0.15, 0.2) is 67.1 Å². The number of nitrogens with one attached hydrogen (secondary N) is 3. The average Bonchev–Trinajstić information content (AvgIpc) is 3.39. The van der Waals surface area contributed by atoms with Gasteiger partial charge in [-0.1, -0.05) is 39.0 Å². The Balaban J connectivity index is 1.47. The maximum absolute atomic E-state index is 13.2. The quantitative estimate of drug-likeness (QED) is 0.346. The van der Waals surface area contributed by atoms with Crippen molar-refractivity contribution < 1.29 is 4.79 Å². The van der Waals surface area contributed by atoms with Crippen LogP contribution in [0.2, 0.25) is 0 Å². The fourth-order valence-electron chi connectivity index (χ4n) is 4.58. The molecule has 0 bridgehead atoms. The molecule has 6 heteroatoms. The lowest BCUT2D eigenvalue weighted by molar-refractivity contribution is 0.102. The van der Waals surface area contributed by atoms with Gasteiger partial charge in [-0.2, -0.15) is 0 Å². The van der Waals surface area contributed by atoms with Crippen molar-refractivity contribution >= 4 is 23.5 Å². The van der Waals surface area contributed by atoms with Gasteiger partial charge in [-0.3, -0.25) is 9.78 Å². The Kier molecular flexibility index (Phi) is 8.49. The van der Waals surface area contributed by atoms with Gasteiger partial charge >= 0.3 is 0 Å². The summed E-state index contributed by atoms with van der Waals surface area (Å²) in [5.41, 5.74) is 4.77. The van der Waals surface area contributed by atoms with Gasteiger partial charge in [0, 0.05) is 30.8 Å². The highest BCUT2D eigenvalue weighted by molar-refractivity contribution is 6.07. The van der Waals surface area contributed by atoms with Crippen LogP contribution in [0.1, 0.15) is 67.1 Å². The van der Waals surface area contributed by atoms with Crippen molar-refractivity contribution in [2.75, 3.05) is 23.7 Å². The van der Waals surface area contributed by atoms with Crippen molar-refractivity contribution in [2.24, 2.45) is 5.92 Å². The Hall–Kier alpha value is -3.51. The third-order valence-corrected chi connectivity index (χ3v) is 6.58. The van der Waals surface area contributed by atoms with Crippen LogP contribution in [0.5, 0.6) is 0 Å². The summed E-state index contributed by atoms with van der Waals surface area (Å²) in [4.78, 5) is 21.7. The van der Waals surface area contributed by atoms with Crippen molar-refractivity contribution in [3.63, 3.8) is 0 Å². The summed E-state index contributed by atoms with van der Waals surface area (Å²) in [5, 5.41) is 9.80. The number of anilines is 2. The van der Waals surface area contributed by atoms with E-state index in [2.05, 4.69) is 71.0 Å². The average molecular weight is 484 g/mol. The molecule has 1 atom stereocenters. The van der Waals surface area contributed by atoms with E-state index >= 15 is 0 Å². The summed E-state index contributed by atoms with van der Waals surface area (Å²) >= 11 is 0. The van der Waals surface area contributed by atoms with Crippen LogP contribution in [0.4, 0.5) is 11.5 Å². The van der Waals surface area contributed by atoms with Gasteiger partial charge < -0.3 is 16.0 Å². The molecule has 0 spiro atoms. The fraction of sp³-hybridized carbons (Fsp3) is 0.367. The van der Waals surface area contributed by atoms with Gasteiger partial charge in [0.15, 0.2) is 0 Å². The summed E-state index contributed by atoms with van der Waals surface area (Å²) in [6, 6.07) is 13.6. The molecule has 0 aliphatic carbocycles. The van der Waals surface area contributed by atoms with Gasteiger partial charge in [-0.15, -0.1) is 0 Å². The van der Waals surface area contributed by atoms with Gasteiger partial charge in [0.2, 0.25) is 0 Å². The highest BCUT2D eigenvalue weighted by Crippen LogP contribution is 2.30. The normalized spacial score (nSPS) is 15.8. The number of hydrogen-bond donors (Lipinski definition) is 3. The summed E-state index contributed by atoms with van der Waals surface area (Å²) in [6.07, 6.45) is 13.2. The number of carbonyl (C=O) groups is 1. The second-order valence-corrected chi connectivity index (χ2v) is 10.5. The van der Waals surface area contributed by atoms with Gasteiger partial charge in [-0.05, 0) is 96.8 Å². The van der Waals surface area contributed by atoms with E-state index in [-0.39, 0.29) is 11.3 Å². The highest BCUT2D eigenvalue weighted by atomic mass is 16.1. The number of nitrogens with zero attached hydrogens (tertiary/aromatic N) is 2. The van der Waals surface area contributed by atoms with Crippen LogP contribution >= 0.6 is 0 Å². The number of carbonyl (C=O) groups excluding carboxylic acids is 1. The topological polar surface area (TPSA) is 78.9 Å². The van der Waals surface area contributed by atoms with Crippen LogP contribution in [0.3, 0.4) is 0 Å². The van der Waals surface area contributed by atoms with E-state index in [1.807, 2.05) is 18.2 Å². The summed E-state index contributed by atoms with van der Waals surface area (Å²) < 4.78 is 0. The minimum Gasteiger partial charge on any atom is -0.365 e. The van der Waals surface area contributed by atoms with Gasteiger partial charge in [0.05, 0.1) is 5.56 Å². The zero-order valence-corrected chi connectivity index (χ0v) is 21.6. The lowest BCUT2D eigenvalue weighted by atomic mass is 9.83. The van der Waals surface area contributed by atoms with E-state index in [0.29, 0.717) is 17.9 Å². The van der Waals surface area contributed by atoms with Crippen molar-refractivity contribution in [1.29, 1.82) is 0 Å².